The minimum Gasteiger partial charge on any atom is -0.493 e. The number of nitrogens with zero attached hydrogens (tertiary/aromatic N) is 1. The first kappa shape index (κ1) is 20.3. The quantitative estimate of drug-likeness (QED) is 0.399. The molecule has 0 bridgehead atoms. The van der Waals surface area contributed by atoms with E-state index in [2.05, 4.69) is 0 Å². The van der Waals surface area contributed by atoms with Crippen molar-refractivity contribution in [3.63, 3.8) is 0 Å². The maximum absolute atomic E-state index is 12.8. The van der Waals surface area contributed by atoms with Gasteiger partial charge in [-0.1, -0.05) is 36.1 Å². The van der Waals surface area contributed by atoms with Crippen LogP contribution in [0.25, 0.3) is 6.08 Å². The third-order valence-electron chi connectivity index (χ3n) is 3.64. The highest BCUT2D eigenvalue weighted by Gasteiger charge is 2.39. The van der Waals surface area contributed by atoms with E-state index in [1.807, 2.05) is 19.1 Å². The van der Waals surface area contributed by atoms with Crippen LogP contribution in [-0.2, 0) is 14.3 Å². The highest BCUT2D eigenvalue weighted by atomic mass is 32.2. The third kappa shape index (κ3) is 4.19. The van der Waals surface area contributed by atoms with Crippen LogP contribution >= 0.6 is 24.0 Å². The van der Waals surface area contributed by atoms with Gasteiger partial charge in [-0.2, -0.15) is 0 Å². The highest BCUT2D eigenvalue weighted by molar-refractivity contribution is 8.26. The zero-order chi connectivity index (χ0) is 19.3. The van der Waals surface area contributed by atoms with Crippen LogP contribution in [0.2, 0.25) is 0 Å². The second kappa shape index (κ2) is 9.05. The number of rotatable bonds is 7. The van der Waals surface area contributed by atoms with Gasteiger partial charge in [-0.05, 0) is 32.9 Å². The Morgan fingerprint density at radius 3 is 2.69 bits per heavy atom. The Morgan fingerprint density at radius 2 is 2.08 bits per heavy atom. The first-order valence-electron chi connectivity index (χ1n) is 8.18. The minimum atomic E-state index is -0.773. The first-order chi connectivity index (χ1) is 12.4. The number of carbonyl (C=O) groups excluding carboxylic acids is 2. The number of hydrogen-bond donors (Lipinski definition) is 0. The van der Waals surface area contributed by atoms with Crippen molar-refractivity contribution in [2.24, 2.45) is 0 Å². The standard InChI is InChI=1S/C18H21NO5S2/c1-5-23-15-12(8-7-9-13(15)22-4)10-14-16(20)19(18(25)26-14)11(3)17(21)24-6-2/h7-11H,5-6H2,1-4H3/b14-10-. The van der Waals surface area contributed by atoms with E-state index in [1.54, 1.807) is 33.1 Å². The van der Waals surface area contributed by atoms with Crippen LogP contribution in [0.5, 0.6) is 11.5 Å². The molecule has 0 saturated carbocycles. The summed E-state index contributed by atoms with van der Waals surface area (Å²) in [5, 5.41) is 0. The van der Waals surface area contributed by atoms with E-state index in [0.717, 1.165) is 11.8 Å². The van der Waals surface area contributed by atoms with Gasteiger partial charge < -0.3 is 14.2 Å². The number of hydrogen-bond acceptors (Lipinski definition) is 7. The number of esters is 1. The van der Waals surface area contributed by atoms with Gasteiger partial charge in [-0.3, -0.25) is 9.69 Å². The zero-order valence-electron chi connectivity index (χ0n) is 15.1. The Balaban J connectivity index is 2.35. The first-order valence-corrected chi connectivity index (χ1v) is 9.40. The number of methoxy groups -OCH3 is 1. The average Bonchev–Trinajstić information content (AvgIpc) is 2.89. The number of ether oxygens (including phenoxy) is 3. The summed E-state index contributed by atoms with van der Waals surface area (Å²) in [5.74, 6) is 0.324. The Labute approximate surface area is 162 Å². The lowest BCUT2D eigenvalue weighted by Crippen LogP contribution is -2.42. The molecule has 1 amide bonds. The summed E-state index contributed by atoms with van der Waals surface area (Å²) in [6.07, 6.45) is 1.70. The number of carbonyl (C=O) groups is 2. The van der Waals surface area contributed by atoms with E-state index in [1.165, 1.54) is 4.90 Å². The maximum Gasteiger partial charge on any atom is 0.329 e. The van der Waals surface area contributed by atoms with Crippen molar-refractivity contribution >= 4 is 46.3 Å². The van der Waals surface area contributed by atoms with Gasteiger partial charge in [0.2, 0.25) is 0 Å². The smallest absolute Gasteiger partial charge is 0.329 e. The Morgan fingerprint density at radius 1 is 1.35 bits per heavy atom. The molecule has 6 nitrogen and oxygen atoms in total. The van der Waals surface area contributed by atoms with E-state index in [0.29, 0.717) is 32.9 Å². The molecule has 1 aromatic rings. The Kier molecular flexibility index (Phi) is 7.05. The van der Waals surface area contributed by atoms with E-state index >= 15 is 0 Å². The van der Waals surface area contributed by atoms with E-state index < -0.39 is 12.0 Å². The van der Waals surface area contributed by atoms with Crippen LogP contribution in [0.1, 0.15) is 26.3 Å². The molecular formula is C18H21NO5S2. The molecule has 140 valence electrons. The molecule has 0 N–H and O–H groups in total. The van der Waals surface area contributed by atoms with E-state index in [4.69, 9.17) is 26.4 Å². The zero-order valence-corrected chi connectivity index (χ0v) is 16.7. The van der Waals surface area contributed by atoms with Gasteiger partial charge in [0.1, 0.15) is 10.4 Å². The molecule has 1 heterocycles. The molecule has 26 heavy (non-hydrogen) atoms. The molecule has 0 aromatic heterocycles. The molecule has 0 aliphatic carbocycles. The lowest BCUT2D eigenvalue weighted by atomic mass is 10.1. The predicted octanol–water partition coefficient (Wildman–Crippen LogP) is 3.25. The van der Waals surface area contributed by atoms with Crippen LogP contribution in [0.3, 0.4) is 0 Å². The predicted molar refractivity (Wildman–Crippen MR) is 105 cm³/mol. The van der Waals surface area contributed by atoms with E-state index in [9.17, 15) is 9.59 Å². The molecule has 1 saturated heterocycles. The van der Waals surface area contributed by atoms with Gasteiger partial charge in [-0.25, -0.2) is 4.79 Å². The fourth-order valence-electron chi connectivity index (χ4n) is 2.43. The molecule has 0 radical (unpaired) electrons. The molecule has 1 unspecified atom stereocenters. The lowest BCUT2D eigenvalue weighted by Gasteiger charge is -2.21. The van der Waals surface area contributed by atoms with Crippen molar-refractivity contribution in [1.29, 1.82) is 0 Å². The van der Waals surface area contributed by atoms with Gasteiger partial charge >= 0.3 is 5.97 Å². The van der Waals surface area contributed by atoms with Crippen molar-refractivity contribution in [2.45, 2.75) is 26.8 Å². The van der Waals surface area contributed by atoms with Gasteiger partial charge in [0.05, 0.1) is 25.2 Å². The summed E-state index contributed by atoms with van der Waals surface area (Å²) >= 11 is 6.43. The van der Waals surface area contributed by atoms with Crippen molar-refractivity contribution in [1.82, 2.24) is 4.90 Å². The van der Waals surface area contributed by atoms with E-state index in [-0.39, 0.29) is 12.5 Å². The normalized spacial score (nSPS) is 16.8. The SMILES string of the molecule is CCOC(=O)C(C)N1C(=O)/C(=C/c2cccc(OC)c2OCC)SC1=S. The fourth-order valence-corrected chi connectivity index (χ4v) is 3.84. The monoisotopic (exact) mass is 395 g/mol. The second-order valence-corrected chi connectivity index (χ2v) is 6.97. The summed E-state index contributed by atoms with van der Waals surface area (Å²) in [7, 11) is 1.56. The van der Waals surface area contributed by atoms with Crippen molar-refractivity contribution in [3.05, 3.63) is 28.7 Å². The van der Waals surface area contributed by atoms with Gasteiger partial charge in [-0.15, -0.1) is 0 Å². The highest BCUT2D eigenvalue weighted by Crippen LogP contribution is 2.38. The molecule has 1 aliphatic rings. The molecule has 0 spiro atoms. The van der Waals surface area contributed by atoms with Crippen molar-refractivity contribution < 1.29 is 23.8 Å². The summed E-state index contributed by atoms with van der Waals surface area (Å²) in [6, 6.07) is 4.66. The van der Waals surface area contributed by atoms with Crippen molar-refractivity contribution in [2.75, 3.05) is 20.3 Å². The number of thiocarbonyl (C=S) groups is 1. The summed E-state index contributed by atoms with van der Waals surface area (Å²) in [5.41, 5.74) is 0.704. The fraction of sp³-hybridized carbons (Fsp3) is 0.389. The van der Waals surface area contributed by atoms with Crippen LogP contribution in [0.15, 0.2) is 23.1 Å². The summed E-state index contributed by atoms with van der Waals surface area (Å²) in [6.45, 7) is 5.89. The van der Waals surface area contributed by atoms with Gasteiger partial charge in [0, 0.05) is 5.56 Å². The largest absolute Gasteiger partial charge is 0.493 e. The van der Waals surface area contributed by atoms with Gasteiger partial charge in [0.15, 0.2) is 11.5 Å². The molecule has 1 atom stereocenters. The molecule has 8 heteroatoms. The minimum absolute atomic E-state index is 0.245. The third-order valence-corrected chi connectivity index (χ3v) is 4.97. The lowest BCUT2D eigenvalue weighted by molar-refractivity contribution is -0.149. The van der Waals surface area contributed by atoms with Crippen LogP contribution < -0.4 is 9.47 Å². The molecule has 1 fully saturated rings. The second-order valence-electron chi connectivity index (χ2n) is 5.29. The number of thioether (sulfide) groups is 1. The maximum atomic E-state index is 12.8. The van der Waals surface area contributed by atoms with Crippen LogP contribution in [-0.4, -0.2) is 47.5 Å². The Bertz CT molecular complexity index is 747. The number of amides is 1. The van der Waals surface area contributed by atoms with Crippen molar-refractivity contribution in [3.8, 4) is 11.5 Å². The van der Waals surface area contributed by atoms with Crippen LogP contribution in [0, 0.1) is 0 Å². The molecular weight excluding hydrogens is 374 g/mol. The Hall–Kier alpha value is -2.06. The molecule has 2 rings (SSSR count). The topological polar surface area (TPSA) is 65.1 Å². The summed E-state index contributed by atoms with van der Waals surface area (Å²) in [4.78, 5) is 26.4. The average molecular weight is 396 g/mol. The van der Waals surface area contributed by atoms with Gasteiger partial charge in [0.25, 0.3) is 5.91 Å². The molecule has 1 aliphatic heterocycles. The molecule has 1 aromatic carbocycles. The number of benzene rings is 1. The summed E-state index contributed by atoms with van der Waals surface area (Å²) < 4.78 is 16.3. The number of para-hydroxylation sites is 1. The van der Waals surface area contributed by atoms with Crippen LogP contribution in [0.4, 0.5) is 0 Å².